The van der Waals surface area contributed by atoms with E-state index in [9.17, 15) is 4.79 Å². The number of benzene rings is 1. The highest BCUT2D eigenvalue weighted by Crippen LogP contribution is 2.21. The van der Waals surface area contributed by atoms with Gasteiger partial charge in [-0.05, 0) is 49.4 Å². The van der Waals surface area contributed by atoms with Crippen molar-refractivity contribution in [3.8, 4) is 0 Å². The van der Waals surface area contributed by atoms with E-state index in [4.69, 9.17) is 5.73 Å². The number of nitrogens with two attached hydrogens (primary N) is 1. The zero-order valence-electron chi connectivity index (χ0n) is 10.3. The molecule has 0 atom stereocenters. The van der Waals surface area contributed by atoms with Crippen LogP contribution in [0, 0.1) is 0 Å². The number of carbonyl (C=O) groups excluding carboxylic acids is 1. The van der Waals surface area contributed by atoms with Gasteiger partial charge >= 0.3 is 0 Å². The van der Waals surface area contributed by atoms with Crippen molar-refractivity contribution in [3.63, 3.8) is 0 Å². The van der Waals surface area contributed by atoms with Crippen molar-refractivity contribution < 1.29 is 4.79 Å². The number of hydrogen-bond acceptors (Lipinski definition) is 3. The smallest absolute Gasteiger partial charge is 0.220 e. The molecule has 0 unspecified atom stereocenters. The van der Waals surface area contributed by atoms with Gasteiger partial charge in [0, 0.05) is 22.3 Å². The second-order valence-electron chi connectivity index (χ2n) is 3.90. The molecule has 0 radical (unpaired) electrons. The molecule has 0 aliphatic rings. The zero-order chi connectivity index (χ0) is 13.2. The first-order valence-electron chi connectivity index (χ1n) is 6.07. The summed E-state index contributed by atoms with van der Waals surface area (Å²) < 4.78 is 1.09. The first-order valence-corrected chi connectivity index (χ1v) is 7.85. The minimum absolute atomic E-state index is 0.125. The summed E-state index contributed by atoms with van der Waals surface area (Å²) in [5.41, 5.74) is 5.35. The molecule has 0 aliphatic carbocycles. The molecule has 1 aromatic rings. The molecule has 0 saturated heterocycles. The number of halogens is 1. The van der Waals surface area contributed by atoms with Crippen LogP contribution < -0.4 is 11.1 Å². The van der Waals surface area contributed by atoms with E-state index in [2.05, 4.69) is 33.4 Å². The van der Waals surface area contributed by atoms with Crippen LogP contribution in [0.25, 0.3) is 0 Å². The van der Waals surface area contributed by atoms with Gasteiger partial charge in [0.25, 0.3) is 0 Å². The van der Waals surface area contributed by atoms with Gasteiger partial charge in [0.15, 0.2) is 0 Å². The lowest BCUT2D eigenvalue weighted by Gasteiger charge is -2.04. The molecule has 0 aliphatic heterocycles. The van der Waals surface area contributed by atoms with Crippen LogP contribution in [0.2, 0.25) is 0 Å². The summed E-state index contributed by atoms with van der Waals surface area (Å²) in [7, 11) is 0. The molecule has 0 bridgehead atoms. The van der Waals surface area contributed by atoms with Crippen LogP contribution in [0.5, 0.6) is 0 Å². The Hall–Kier alpha value is -0.520. The van der Waals surface area contributed by atoms with Crippen LogP contribution in [-0.4, -0.2) is 24.7 Å². The molecule has 1 aromatic carbocycles. The highest BCUT2D eigenvalue weighted by molar-refractivity contribution is 9.10. The van der Waals surface area contributed by atoms with Gasteiger partial charge in [-0.3, -0.25) is 4.79 Å². The molecule has 100 valence electrons. The van der Waals surface area contributed by atoms with Gasteiger partial charge in [0.1, 0.15) is 0 Å². The molecule has 0 heterocycles. The van der Waals surface area contributed by atoms with Gasteiger partial charge in [-0.25, -0.2) is 0 Å². The van der Waals surface area contributed by atoms with Crippen molar-refractivity contribution in [1.82, 2.24) is 5.32 Å². The molecule has 1 amide bonds. The van der Waals surface area contributed by atoms with Crippen molar-refractivity contribution in [3.05, 3.63) is 28.7 Å². The highest BCUT2D eigenvalue weighted by atomic mass is 79.9. The summed E-state index contributed by atoms with van der Waals surface area (Å²) in [6.45, 7) is 1.31. The van der Waals surface area contributed by atoms with Gasteiger partial charge in [0.2, 0.25) is 5.91 Å². The number of nitrogens with one attached hydrogen (secondary N) is 1. The molecule has 0 aromatic heterocycles. The van der Waals surface area contributed by atoms with Crippen molar-refractivity contribution >= 4 is 33.6 Å². The largest absolute Gasteiger partial charge is 0.356 e. The van der Waals surface area contributed by atoms with Crippen molar-refractivity contribution in [2.45, 2.75) is 24.2 Å². The van der Waals surface area contributed by atoms with E-state index in [1.54, 1.807) is 11.8 Å². The monoisotopic (exact) mass is 330 g/mol. The van der Waals surface area contributed by atoms with Gasteiger partial charge in [-0.15, -0.1) is 11.8 Å². The van der Waals surface area contributed by atoms with E-state index in [1.807, 2.05) is 12.1 Å². The Labute approximate surface area is 121 Å². The summed E-state index contributed by atoms with van der Waals surface area (Å²) >= 11 is 5.18. The molecule has 1 rings (SSSR count). The maximum atomic E-state index is 11.4. The molecular formula is C13H19BrN2OS. The maximum absolute atomic E-state index is 11.4. The molecule has 3 N–H and O–H groups in total. The summed E-state index contributed by atoms with van der Waals surface area (Å²) in [5.74, 6) is 1.09. The predicted molar refractivity (Wildman–Crippen MR) is 80.8 cm³/mol. The van der Waals surface area contributed by atoms with Crippen molar-refractivity contribution in [1.29, 1.82) is 0 Å². The first-order chi connectivity index (χ1) is 8.72. The number of hydrogen-bond donors (Lipinski definition) is 2. The van der Waals surface area contributed by atoms with E-state index in [0.29, 0.717) is 19.5 Å². The summed E-state index contributed by atoms with van der Waals surface area (Å²) in [5, 5.41) is 2.86. The fraction of sp³-hybridized carbons (Fsp3) is 0.462. The molecule has 0 spiro atoms. The third-order valence-corrected chi connectivity index (χ3v) is 3.96. The van der Waals surface area contributed by atoms with Crippen LogP contribution in [0.4, 0.5) is 0 Å². The average Bonchev–Trinajstić information content (AvgIpc) is 2.37. The minimum Gasteiger partial charge on any atom is -0.356 e. The summed E-state index contributed by atoms with van der Waals surface area (Å²) in [6, 6.07) is 8.22. The van der Waals surface area contributed by atoms with E-state index in [-0.39, 0.29) is 5.91 Å². The van der Waals surface area contributed by atoms with Crippen molar-refractivity contribution in [2.24, 2.45) is 5.73 Å². The summed E-state index contributed by atoms with van der Waals surface area (Å²) in [4.78, 5) is 12.6. The summed E-state index contributed by atoms with van der Waals surface area (Å²) in [6.07, 6.45) is 2.34. The number of amides is 1. The Morgan fingerprint density at radius 1 is 1.28 bits per heavy atom. The normalized spacial score (nSPS) is 10.3. The quantitative estimate of drug-likeness (QED) is 0.569. The lowest BCUT2D eigenvalue weighted by molar-refractivity contribution is -0.121. The second-order valence-corrected chi connectivity index (χ2v) is 5.98. The second kappa shape index (κ2) is 9.42. The third kappa shape index (κ3) is 7.03. The first kappa shape index (κ1) is 15.5. The van der Waals surface area contributed by atoms with E-state index >= 15 is 0 Å². The Kier molecular flexibility index (Phi) is 8.13. The number of thioether (sulfide) groups is 1. The average molecular weight is 331 g/mol. The van der Waals surface area contributed by atoms with Crippen molar-refractivity contribution in [2.75, 3.05) is 18.8 Å². The number of carbonyl (C=O) groups is 1. The Balaban J connectivity index is 2.07. The van der Waals surface area contributed by atoms with Crippen LogP contribution in [-0.2, 0) is 4.79 Å². The molecular weight excluding hydrogens is 312 g/mol. The Bertz CT molecular complexity index is 357. The SMILES string of the molecule is NCCCNC(=O)CCCSc1ccc(Br)cc1. The molecule has 3 nitrogen and oxygen atoms in total. The van der Waals surface area contributed by atoms with Crippen LogP contribution in [0.15, 0.2) is 33.6 Å². The fourth-order valence-electron chi connectivity index (χ4n) is 1.37. The zero-order valence-corrected chi connectivity index (χ0v) is 12.7. The molecule has 5 heteroatoms. The number of rotatable bonds is 8. The van der Waals surface area contributed by atoms with E-state index in [1.165, 1.54) is 4.90 Å². The van der Waals surface area contributed by atoms with Gasteiger partial charge in [-0.1, -0.05) is 15.9 Å². The lowest BCUT2D eigenvalue weighted by atomic mass is 10.3. The molecule has 0 fully saturated rings. The van der Waals surface area contributed by atoms with E-state index < -0.39 is 0 Å². The standard InChI is InChI=1S/C13H19BrN2OS/c14-11-4-6-12(7-5-11)18-10-1-3-13(17)16-9-2-8-15/h4-7H,1-3,8-10,15H2,(H,16,17). The van der Waals surface area contributed by atoms with Gasteiger partial charge in [-0.2, -0.15) is 0 Å². The topological polar surface area (TPSA) is 55.1 Å². The molecule has 18 heavy (non-hydrogen) atoms. The Morgan fingerprint density at radius 2 is 2.00 bits per heavy atom. The highest BCUT2D eigenvalue weighted by Gasteiger charge is 2.00. The molecule has 0 saturated carbocycles. The van der Waals surface area contributed by atoms with Crippen LogP contribution >= 0.6 is 27.7 Å². The van der Waals surface area contributed by atoms with Crippen LogP contribution in [0.3, 0.4) is 0 Å². The maximum Gasteiger partial charge on any atom is 0.220 e. The van der Waals surface area contributed by atoms with Crippen LogP contribution in [0.1, 0.15) is 19.3 Å². The minimum atomic E-state index is 0.125. The van der Waals surface area contributed by atoms with Gasteiger partial charge < -0.3 is 11.1 Å². The Morgan fingerprint density at radius 3 is 2.67 bits per heavy atom. The fourth-order valence-corrected chi connectivity index (χ4v) is 2.49. The van der Waals surface area contributed by atoms with E-state index in [0.717, 1.165) is 23.1 Å². The third-order valence-electron chi connectivity index (χ3n) is 2.33. The predicted octanol–water partition coefficient (Wildman–Crippen LogP) is 2.79. The van der Waals surface area contributed by atoms with Gasteiger partial charge in [0.05, 0.1) is 0 Å². The lowest BCUT2D eigenvalue weighted by Crippen LogP contribution is -2.25.